The quantitative estimate of drug-likeness (QED) is 0.799. The summed E-state index contributed by atoms with van der Waals surface area (Å²) in [5, 5.41) is 18.9. The Hall–Kier alpha value is -1.70. The molecule has 7 nitrogen and oxygen atoms in total. The van der Waals surface area contributed by atoms with E-state index in [2.05, 4.69) is 15.5 Å². The van der Waals surface area contributed by atoms with Crippen LogP contribution in [0.2, 0.25) is 0 Å². The fourth-order valence-electron chi connectivity index (χ4n) is 1.06. The molecule has 0 fully saturated rings. The molecule has 0 unspecified atom stereocenters. The lowest BCUT2D eigenvalue weighted by Crippen LogP contribution is -2.38. The number of rotatable bonds is 5. The topological polar surface area (TPSA) is 109 Å². The molecule has 1 aromatic heterocycles. The number of hydrogen-bond donors (Lipinski definition) is 2. The van der Waals surface area contributed by atoms with Crippen molar-refractivity contribution in [1.29, 1.82) is 0 Å². The highest BCUT2D eigenvalue weighted by molar-refractivity contribution is 7.92. The van der Waals surface area contributed by atoms with Crippen molar-refractivity contribution < 1.29 is 18.3 Å². The van der Waals surface area contributed by atoms with Crippen LogP contribution in [0.25, 0.3) is 0 Å². The van der Waals surface area contributed by atoms with Crippen molar-refractivity contribution in [3.8, 4) is 0 Å². The zero-order chi connectivity index (χ0) is 14.0. The van der Waals surface area contributed by atoms with Gasteiger partial charge in [-0.3, -0.25) is 0 Å². The Morgan fingerprint density at radius 1 is 1.50 bits per heavy atom. The Morgan fingerprint density at radius 3 is 2.61 bits per heavy atom. The number of hydrogen-bond acceptors (Lipinski definition) is 6. The molecule has 100 valence electrons. The predicted molar refractivity (Wildman–Crippen MR) is 66.4 cm³/mol. The summed E-state index contributed by atoms with van der Waals surface area (Å²) in [6.45, 7) is 3.14. The first-order valence-corrected chi connectivity index (χ1v) is 7.03. The number of nitrogens with zero attached hydrogens (tertiary/aromatic N) is 2. The van der Waals surface area contributed by atoms with Crippen LogP contribution >= 0.6 is 0 Å². The molecule has 8 heteroatoms. The van der Waals surface area contributed by atoms with E-state index < -0.39 is 20.6 Å². The molecule has 0 saturated heterocycles. The molecule has 0 atom stereocenters. The maximum atomic E-state index is 11.5. The normalized spacial score (nSPS) is 12.2. The average molecular weight is 273 g/mol. The average Bonchev–Trinajstić information content (AvgIpc) is 2.25. The first kappa shape index (κ1) is 14.4. The van der Waals surface area contributed by atoms with Crippen LogP contribution in [-0.4, -0.2) is 47.2 Å². The van der Waals surface area contributed by atoms with Gasteiger partial charge in [-0.2, -0.15) is 5.10 Å². The van der Waals surface area contributed by atoms with E-state index in [4.69, 9.17) is 5.11 Å². The van der Waals surface area contributed by atoms with Gasteiger partial charge in [0.2, 0.25) is 0 Å². The highest BCUT2D eigenvalue weighted by Gasteiger charge is 2.30. The Labute approximate surface area is 105 Å². The number of aromatic carboxylic acids is 1. The number of sulfone groups is 1. The molecule has 0 aliphatic carbocycles. The zero-order valence-corrected chi connectivity index (χ0v) is 11.2. The van der Waals surface area contributed by atoms with Crippen LogP contribution in [0.5, 0.6) is 0 Å². The minimum atomic E-state index is -3.26. The van der Waals surface area contributed by atoms with Gasteiger partial charge in [0.05, 0.1) is 10.9 Å². The third kappa shape index (κ3) is 3.16. The van der Waals surface area contributed by atoms with Gasteiger partial charge in [-0.05, 0) is 19.9 Å². The van der Waals surface area contributed by atoms with E-state index in [1.165, 1.54) is 12.3 Å². The highest BCUT2D eigenvalue weighted by Crippen LogP contribution is 2.17. The largest absolute Gasteiger partial charge is 0.478 e. The van der Waals surface area contributed by atoms with Crippen molar-refractivity contribution in [3.05, 3.63) is 17.8 Å². The van der Waals surface area contributed by atoms with Gasteiger partial charge in [-0.1, -0.05) is 0 Å². The van der Waals surface area contributed by atoms with Crippen molar-refractivity contribution in [2.75, 3.05) is 18.1 Å². The first-order chi connectivity index (χ1) is 8.15. The summed E-state index contributed by atoms with van der Waals surface area (Å²) in [5.41, 5.74) is -0.0469. The van der Waals surface area contributed by atoms with Gasteiger partial charge in [0, 0.05) is 12.8 Å². The Kier molecular flexibility index (Phi) is 3.90. The predicted octanol–water partition coefficient (Wildman–Crippen LogP) is 0.410. The Morgan fingerprint density at radius 2 is 2.11 bits per heavy atom. The van der Waals surface area contributed by atoms with Gasteiger partial charge < -0.3 is 10.4 Å². The SMILES string of the molecule is CC(C)(CNc1nnccc1C(=O)O)S(C)(=O)=O. The molecular weight excluding hydrogens is 258 g/mol. The molecule has 18 heavy (non-hydrogen) atoms. The van der Waals surface area contributed by atoms with Crippen LogP contribution in [0.3, 0.4) is 0 Å². The molecule has 0 aromatic carbocycles. The van der Waals surface area contributed by atoms with Crippen LogP contribution < -0.4 is 5.32 Å². The van der Waals surface area contributed by atoms with Gasteiger partial charge in [0.25, 0.3) is 0 Å². The van der Waals surface area contributed by atoms with Crippen molar-refractivity contribution >= 4 is 21.6 Å². The van der Waals surface area contributed by atoms with Crippen LogP contribution in [0.1, 0.15) is 24.2 Å². The van der Waals surface area contributed by atoms with Crippen molar-refractivity contribution in [3.63, 3.8) is 0 Å². The molecule has 0 radical (unpaired) electrons. The second kappa shape index (κ2) is 4.89. The fourth-order valence-corrected chi connectivity index (χ4v) is 1.40. The second-order valence-corrected chi connectivity index (χ2v) is 7.13. The van der Waals surface area contributed by atoms with Crippen LogP contribution in [-0.2, 0) is 9.84 Å². The van der Waals surface area contributed by atoms with E-state index in [9.17, 15) is 13.2 Å². The van der Waals surface area contributed by atoms with Crippen LogP contribution in [0.15, 0.2) is 12.3 Å². The lowest BCUT2D eigenvalue weighted by atomic mass is 10.2. The number of carbonyl (C=O) groups is 1. The molecule has 0 bridgehead atoms. The van der Waals surface area contributed by atoms with E-state index in [-0.39, 0.29) is 17.9 Å². The molecule has 0 aliphatic heterocycles. The van der Waals surface area contributed by atoms with E-state index in [1.807, 2.05) is 0 Å². The Balaban J connectivity index is 2.91. The fraction of sp³-hybridized carbons (Fsp3) is 0.500. The zero-order valence-electron chi connectivity index (χ0n) is 10.3. The van der Waals surface area contributed by atoms with Crippen LogP contribution in [0.4, 0.5) is 5.82 Å². The molecule has 2 N–H and O–H groups in total. The standard InChI is InChI=1S/C10H15N3O4S/c1-10(2,18(3,16)17)6-11-8-7(9(14)15)4-5-12-13-8/h4-5H,6H2,1-3H3,(H,11,13)(H,14,15). The van der Waals surface area contributed by atoms with E-state index in [0.717, 1.165) is 6.26 Å². The molecule has 0 saturated carbocycles. The summed E-state index contributed by atoms with van der Waals surface area (Å²) < 4.78 is 22.0. The maximum Gasteiger partial charge on any atom is 0.339 e. The first-order valence-electron chi connectivity index (χ1n) is 5.13. The van der Waals surface area contributed by atoms with Gasteiger partial charge in [-0.25, -0.2) is 13.2 Å². The lowest BCUT2D eigenvalue weighted by Gasteiger charge is -2.23. The van der Waals surface area contributed by atoms with Crippen LogP contribution in [0, 0.1) is 0 Å². The minimum Gasteiger partial charge on any atom is -0.478 e. The van der Waals surface area contributed by atoms with E-state index >= 15 is 0 Å². The summed E-state index contributed by atoms with van der Waals surface area (Å²) in [4.78, 5) is 10.9. The minimum absolute atomic E-state index is 0.0464. The molecule has 1 rings (SSSR count). The van der Waals surface area contributed by atoms with Crippen molar-refractivity contribution in [1.82, 2.24) is 10.2 Å². The van der Waals surface area contributed by atoms with Crippen molar-refractivity contribution in [2.24, 2.45) is 0 Å². The molecule has 1 aromatic rings. The number of anilines is 1. The second-order valence-electron chi connectivity index (χ2n) is 4.48. The number of carboxylic acids is 1. The summed E-state index contributed by atoms with van der Waals surface area (Å²) >= 11 is 0. The van der Waals surface area contributed by atoms with Gasteiger partial charge >= 0.3 is 5.97 Å². The van der Waals surface area contributed by atoms with E-state index in [0.29, 0.717) is 0 Å². The third-order valence-corrected chi connectivity index (χ3v) is 4.79. The van der Waals surface area contributed by atoms with Gasteiger partial charge in [0.15, 0.2) is 15.7 Å². The molecule has 0 spiro atoms. The van der Waals surface area contributed by atoms with Gasteiger partial charge in [0.1, 0.15) is 5.56 Å². The number of nitrogens with one attached hydrogen (secondary N) is 1. The monoisotopic (exact) mass is 273 g/mol. The lowest BCUT2D eigenvalue weighted by molar-refractivity contribution is 0.0697. The molecule has 1 heterocycles. The molecule has 0 aliphatic rings. The summed E-state index contributed by atoms with van der Waals surface area (Å²) in [5.74, 6) is -1.09. The van der Waals surface area contributed by atoms with Gasteiger partial charge in [-0.15, -0.1) is 5.10 Å². The Bertz CT molecular complexity index is 554. The highest BCUT2D eigenvalue weighted by atomic mass is 32.2. The third-order valence-electron chi connectivity index (χ3n) is 2.64. The number of aromatic nitrogens is 2. The summed E-state index contributed by atoms with van der Waals surface area (Å²) in [6, 6.07) is 1.30. The van der Waals surface area contributed by atoms with E-state index in [1.54, 1.807) is 13.8 Å². The number of carboxylic acid groups (broad SMARTS) is 1. The molecular formula is C10H15N3O4S. The summed E-state index contributed by atoms with van der Waals surface area (Å²) in [7, 11) is -3.26. The maximum absolute atomic E-state index is 11.5. The van der Waals surface area contributed by atoms with Crippen molar-refractivity contribution in [2.45, 2.75) is 18.6 Å². The molecule has 0 amide bonds. The smallest absolute Gasteiger partial charge is 0.339 e. The summed E-state index contributed by atoms with van der Waals surface area (Å²) in [6.07, 6.45) is 2.39.